The van der Waals surface area contributed by atoms with E-state index in [-0.39, 0.29) is 11.8 Å². The molecule has 0 radical (unpaired) electrons. The average Bonchev–Trinajstić information content (AvgIpc) is 3.18. The fourth-order valence-electron chi connectivity index (χ4n) is 5.17. The van der Waals surface area contributed by atoms with Crippen LogP contribution in [0.3, 0.4) is 0 Å². The summed E-state index contributed by atoms with van der Waals surface area (Å²) < 4.78 is 21.7. The van der Waals surface area contributed by atoms with Gasteiger partial charge >= 0.3 is 0 Å². The zero-order valence-electron chi connectivity index (χ0n) is 19.4. The van der Waals surface area contributed by atoms with E-state index in [0.717, 1.165) is 38.6 Å². The first-order valence-corrected chi connectivity index (χ1v) is 11.9. The molecule has 3 unspecified atom stereocenters. The summed E-state index contributed by atoms with van der Waals surface area (Å²) in [6, 6.07) is 5.10. The van der Waals surface area contributed by atoms with E-state index in [2.05, 4.69) is 14.8 Å². The van der Waals surface area contributed by atoms with Crippen LogP contribution in [0.25, 0.3) is 0 Å². The third kappa shape index (κ3) is 5.15. The molecule has 2 heterocycles. The quantitative estimate of drug-likeness (QED) is 0.538. The van der Waals surface area contributed by atoms with Gasteiger partial charge in [-0.15, -0.1) is 0 Å². The van der Waals surface area contributed by atoms with Crippen molar-refractivity contribution in [3.63, 3.8) is 0 Å². The van der Waals surface area contributed by atoms with E-state index in [1.807, 2.05) is 15.7 Å². The minimum Gasteiger partial charge on any atom is -0.494 e. The number of hydrogen-bond acceptors (Lipinski definition) is 8. The van der Waals surface area contributed by atoms with Crippen LogP contribution in [0.5, 0.6) is 5.75 Å². The van der Waals surface area contributed by atoms with Crippen LogP contribution in [-0.2, 0) is 6.54 Å². The molecule has 33 heavy (non-hydrogen) atoms. The number of halogens is 1. The maximum atomic E-state index is 14.6. The van der Waals surface area contributed by atoms with Gasteiger partial charge in [-0.25, -0.2) is 19.2 Å². The van der Waals surface area contributed by atoms with Crippen molar-refractivity contribution in [3.05, 3.63) is 42.7 Å². The van der Waals surface area contributed by atoms with Crippen LogP contribution in [0.15, 0.2) is 36.9 Å². The van der Waals surface area contributed by atoms with Crippen molar-refractivity contribution in [2.24, 2.45) is 17.2 Å². The lowest BCUT2D eigenvalue weighted by Crippen LogP contribution is -2.79. The Kier molecular flexibility index (Phi) is 7.82. The second kappa shape index (κ2) is 10.8. The molecule has 1 aromatic heterocycles. The number of benzene rings is 1. The highest BCUT2D eigenvalue weighted by atomic mass is 19.1. The number of nitrogens with two attached hydrogens (primary N) is 3. The summed E-state index contributed by atoms with van der Waals surface area (Å²) in [5.41, 5.74) is 21.0. The normalized spacial score (nSPS) is 25.8. The van der Waals surface area contributed by atoms with Crippen molar-refractivity contribution in [1.82, 2.24) is 19.4 Å². The fourth-order valence-corrected chi connectivity index (χ4v) is 5.17. The molecule has 4 rings (SSSR count). The number of aromatic nitrogens is 2. The van der Waals surface area contributed by atoms with E-state index in [9.17, 15) is 4.39 Å². The molecule has 1 aromatic carbocycles. The fraction of sp³-hybridized carbons (Fsp3) is 0.609. The van der Waals surface area contributed by atoms with Gasteiger partial charge in [0.15, 0.2) is 11.6 Å². The zero-order chi connectivity index (χ0) is 23.4. The monoisotopic (exact) mass is 460 g/mol. The highest BCUT2D eigenvalue weighted by Gasteiger charge is 2.44. The molecule has 1 saturated carbocycles. The van der Waals surface area contributed by atoms with E-state index in [1.54, 1.807) is 24.7 Å². The predicted molar refractivity (Wildman–Crippen MR) is 126 cm³/mol. The third-order valence-electron chi connectivity index (χ3n) is 6.93. The van der Waals surface area contributed by atoms with Crippen LogP contribution in [0.4, 0.5) is 10.1 Å². The number of rotatable bonds is 7. The standard InChI is InChI=1S/C23H37FN8O/c1-33-20-10-9-18(15-19(20)24)32-22(26)30(13-6-12-29-14-11-28-16-29)21(25)31(23(32)27)17-7-4-2-3-5-8-17/h9-11,14-17,21-23H,2-8,12-13,25-27H2,1H3. The molecule has 1 aliphatic carbocycles. The molecule has 182 valence electrons. The molecule has 0 bridgehead atoms. The van der Waals surface area contributed by atoms with Crippen LogP contribution in [0.2, 0.25) is 0 Å². The molecule has 0 spiro atoms. The first-order valence-electron chi connectivity index (χ1n) is 11.9. The molecule has 2 aromatic rings. The van der Waals surface area contributed by atoms with Crippen LogP contribution in [0.1, 0.15) is 44.9 Å². The van der Waals surface area contributed by atoms with Gasteiger partial charge in [-0.2, -0.15) is 0 Å². The summed E-state index contributed by atoms with van der Waals surface area (Å²) in [5, 5.41) is 0. The van der Waals surface area contributed by atoms with Crippen molar-refractivity contribution in [3.8, 4) is 5.75 Å². The molecule has 2 aliphatic rings. The predicted octanol–water partition coefficient (Wildman–Crippen LogP) is 1.99. The number of methoxy groups -OCH3 is 1. The largest absolute Gasteiger partial charge is 0.494 e. The molecular formula is C23H37FN8O. The van der Waals surface area contributed by atoms with E-state index in [1.165, 1.54) is 26.0 Å². The molecule has 3 atom stereocenters. The number of aryl methyl sites for hydroxylation is 1. The Morgan fingerprint density at radius 1 is 1.03 bits per heavy atom. The Morgan fingerprint density at radius 2 is 1.79 bits per heavy atom. The lowest BCUT2D eigenvalue weighted by Gasteiger charge is -2.57. The van der Waals surface area contributed by atoms with Gasteiger partial charge in [0.05, 0.1) is 13.4 Å². The van der Waals surface area contributed by atoms with E-state index in [0.29, 0.717) is 12.2 Å². The van der Waals surface area contributed by atoms with Crippen LogP contribution in [0, 0.1) is 5.82 Å². The first-order chi connectivity index (χ1) is 16.0. The Hall–Kier alpha value is -2.24. The molecule has 10 heteroatoms. The SMILES string of the molecule is COc1ccc(N2C(N)N(CCCn3ccnc3)C(N)N(C3CCCCCC3)C2N)cc1F. The van der Waals surface area contributed by atoms with Gasteiger partial charge in [0.2, 0.25) is 0 Å². The van der Waals surface area contributed by atoms with Gasteiger partial charge in [-0.05, 0) is 31.4 Å². The number of ether oxygens (including phenoxy) is 1. The molecule has 0 amide bonds. The summed E-state index contributed by atoms with van der Waals surface area (Å²) in [7, 11) is 1.45. The molecular weight excluding hydrogens is 423 g/mol. The summed E-state index contributed by atoms with van der Waals surface area (Å²) in [5.74, 6) is -0.260. The molecule has 1 saturated heterocycles. The van der Waals surface area contributed by atoms with Gasteiger partial charge < -0.3 is 19.9 Å². The maximum Gasteiger partial charge on any atom is 0.167 e. The minimum atomic E-state index is -0.590. The number of imidazole rings is 1. The van der Waals surface area contributed by atoms with Gasteiger partial charge in [0, 0.05) is 43.3 Å². The maximum absolute atomic E-state index is 14.6. The van der Waals surface area contributed by atoms with Crippen LogP contribution in [-0.4, -0.2) is 57.9 Å². The minimum absolute atomic E-state index is 0.187. The number of anilines is 1. The highest BCUT2D eigenvalue weighted by molar-refractivity contribution is 5.51. The Morgan fingerprint density at radius 3 is 2.42 bits per heavy atom. The van der Waals surface area contributed by atoms with Crippen molar-refractivity contribution in [2.75, 3.05) is 18.6 Å². The molecule has 9 nitrogen and oxygen atoms in total. The second-order valence-electron chi connectivity index (χ2n) is 8.95. The first kappa shape index (κ1) is 23.9. The summed E-state index contributed by atoms with van der Waals surface area (Å²) >= 11 is 0. The Balaban J connectivity index is 1.61. The topological polar surface area (TPSA) is 115 Å². The highest BCUT2D eigenvalue weighted by Crippen LogP contribution is 2.33. The van der Waals surface area contributed by atoms with Gasteiger partial charge in [-0.1, -0.05) is 25.7 Å². The Labute approximate surface area is 195 Å². The number of hydrogen-bond donors (Lipinski definition) is 3. The lowest BCUT2D eigenvalue weighted by atomic mass is 10.1. The second-order valence-corrected chi connectivity index (χ2v) is 8.95. The van der Waals surface area contributed by atoms with E-state index >= 15 is 0 Å². The molecule has 2 fully saturated rings. The summed E-state index contributed by atoms with van der Waals surface area (Å²) in [6.07, 6.45) is 11.7. The van der Waals surface area contributed by atoms with Crippen molar-refractivity contribution < 1.29 is 9.13 Å². The van der Waals surface area contributed by atoms with Crippen molar-refractivity contribution in [1.29, 1.82) is 0 Å². The lowest BCUT2D eigenvalue weighted by molar-refractivity contribution is -0.0857. The van der Waals surface area contributed by atoms with Gasteiger partial charge in [0.25, 0.3) is 0 Å². The van der Waals surface area contributed by atoms with Crippen molar-refractivity contribution >= 4 is 5.69 Å². The van der Waals surface area contributed by atoms with E-state index in [4.69, 9.17) is 21.9 Å². The molecule has 1 aliphatic heterocycles. The summed E-state index contributed by atoms with van der Waals surface area (Å²) in [4.78, 5) is 10.2. The van der Waals surface area contributed by atoms with Crippen molar-refractivity contribution in [2.45, 2.75) is 76.4 Å². The number of nitrogens with zero attached hydrogens (tertiary/aromatic N) is 5. The van der Waals surface area contributed by atoms with Gasteiger partial charge in [0.1, 0.15) is 18.9 Å². The summed E-state index contributed by atoms with van der Waals surface area (Å²) in [6.45, 7) is 1.48. The third-order valence-corrected chi connectivity index (χ3v) is 6.93. The molecule has 6 N–H and O–H groups in total. The average molecular weight is 461 g/mol. The van der Waals surface area contributed by atoms with Gasteiger partial charge in [-0.3, -0.25) is 11.5 Å². The van der Waals surface area contributed by atoms with Crippen LogP contribution < -0.4 is 26.8 Å². The zero-order valence-corrected chi connectivity index (χ0v) is 19.4. The van der Waals surface area contributed by atoms with E-state index < -0.39 is 24.7 Å². The van der Waals surface area contributed by atoms with Crippen LogP contribution >= 0.6 is 0 Å². The Bertz CT molecular complexity index is 873. The smallest absolute Gasteiger partial charge is 0.167 e.